The number of imidazole rings is 1. The van der Waals surface area contributed by atoms with Crippen LogP contribution in [0, 0.1) is 11.8 Å². The number of nitrogens with one attached hydrogen (secondary N) is 2. The lowest BCUT2D eigenvalue weighted by molar-refractivity contribution is -0.143. The van der Waals surface area contributed by atoms with Gasteiger partial charge in [-0.3, -0.25) is 9.59 Å². The molecule has 7 nitrogen and oxygen atoms in total. The zero-order valence-electron chi connectivity index (χ0n) is 13.4. The summed E-state index contributed by atoms with van der Waals surface area (Å²) in [6.45, 7) is 0.770. The summed E-state index contributed by atoms with van der Waals surface area (Å²) in [4.78, 5) is 31.4. The average Bonchev–Trinajstić information content (AvgIpc) is 3.01. The predicted molar refractivity (Wildman–Crippen MR) is 86.3 cm³/mol. The highest BCUT2D eigenvalue weighted by molar-refractivity contribution is 5.99. The summed E-state index contributed by atoms with van der Waals surface area (Å²) in [6, 6.07) is 5.54. The Labute approximate surface area is 138 Å². The van der Waals surface area contributed by atoms with E-state index in [9.17, 15) is 9.59 Å². The highest BCUT2D eigenvalue weighted by Crippen LogP contribution is 2.40. The molecule has 1 saturated carbocycles. The molecule has 1 aliphatic heterocycles. The quantitative estimate of drug-likeness (QED) is 0.839. The van der Waals surface area contributed by atoms with Gasteiger partial charge in [-0.15, -0.1) is 0 Å². The summed E-state index contributed by atoms with van der Waals surface area (Å²) in [6.07, 6.45) is 2.60. The van der Waals surface area contributed by atoms with Crippen LogP contribution in [0.1, 0.15) is 31.2 Å². The number of fused-ring (bicyclic) bond motifs is 1. The number of esters is 1. The van der Waals surface area contributed by atoms with E-state index in [0.717, 1.165) is 36.3 Å². The highest BCUT2D eigenvalue weighted by atomic mass is 16.5. The van der Waals surface area contributed by atoms with Crippen LogP contribution in [-0.2, 0) is 19.1 Å². The van der Waals surface area contributed by atoms with E-state index in [-0.39, 0.29) is 29.8 Å². The largest absolute Gasteiger partial charge is 0.469 e. The maximum absolute atomic E-state index is 12.2. The summed E-state index contributed by atoms with van der Waals surface area (Å²) < 4.78 is 10.3. The number of aromatic amines is 1. The second-order valence-corrected chi connectivity index (χ2v) is 6.32. The Hall–Kier alpha value is -2.41. The van der Waals surface area contributed by atoms with E-state index >= 15 is 0 Å². The summed E-state index contributed by atoms with van der Waals surface area (Å²) in [5, 5.41) is 2.86. The molecule has 1 saturated heterocycles. The maximum Gasteiger partial charge on any atom is 0.309 e. The van der Waals surface area contributed by atoms with Crippen molar-refractivity contribution >= 4 is 28.6 Å². The van der Waals surface area contributed by atoms with Gasteiger partial charge in [0.2, 0.25) is 5.91 Å². The van der Waals surface area contributed by atoms with Gasteiger partial charge in [0, 0.05) is 12.3 Å². The molecule has 4 rings (SSSR count). The molecule has 0 radical (unpaired) electrons. The fourth-order valence-corrected chi connectivity index (χ4v) is 3.18. The molecule has 2 N–H and O–H groups in total. The molecule has 0 spiro atoms. The van der Waals surface area contributed by atoms with Gasteiger partial charge in [0.25, 0.3) is 0 Å². The van der Waals surface area contributed by atoms with E-state index in [1.807, 2.05) is 18.2 Å². The summed E-state index contributed by atoms with van der Waals surface area (Å²) in [5.74, 6) is -0.239. The standard InChI is InChI=1S/C17H19N3O4/c1-23-17(22)11-8-10(11)16(21)18-9-4-5-12-13(7-9)20-15(19-12)14-3-2-6-24-14/h4-5,7,10-11,14H,2-3,6,8H2,1H3,(H,18,21)(H,19,20)/t10-,11-,14-/m1/s1. The van der Waals surface area contributed by atoms with Crippen LogP contribution in [0.2, 0.25) is 0 Å². The van der Waals surface area contributed by atoms with Crippen molar-refractivity contribution in [2.75, 3.05) is 19.0 Å². The molecule has 1 amide bonds. The number of hydrogen-bond acceptors (Lipinski definition) is 5. The van der Waals surface area contributed by atoms with Gasteiger partial charge in [-0.25, -0.2) is 4.98 Å². The van der Waals surface area contributed by atoms with Gasteiger partial charge in [-0.1, -0.05) is 0 Å². The molecule has 2 heterocycles. The van der Waals surface area contributed by atoms with Crippen LogP contribution in [0.4, 0.5) is 5.69 Å². The third-order valence-corrected chi connectivity index (χ3v) is 4.63. The molecule has 2 aromatic rings. The molecule has 1 aromatic heterocycles. The normalized spacial score (nSPS) is 25.6. The third kappa shape index (κ3) is 2.75. The number of benzene rings is 1. The zero-order chi connectivity index (χ0) is 16.7. The Morgan fingerprint density at radius 2 is 2.25 bits per heavy atom. The van der Waals surface area contributed by atoms with Crippen molar-refractivity contribution in [2.24, 2.45) is 11.8 Å². The Kier molecular flexibility index (Phi) is 3.72. The Morgan fingerprint density at radius 3 is 3.00 bits per heavy atom. The van der Waals surface area contributed by atoms with Crippen LogP contribution in [-0.4, -0.2) is 35.6 Å². The lowest BCUT2D eigenvalue weighted by atomic mass is 10.2. The van der Waals surface area contributed by atoms with Gasteiger partial charge in [0.15, 0.2) is 0 Å². The number of H-pyrrole nitrogens is 1. The van der Waals surface area contributed by atoms with Gasteiger partial charge in [-0.2, -0.15) is 0 Å². The Balaban J connectivity index is 1.47. The number of carbonyl (C=O) groups is 2. The first-order valence-corrected chi connectivity index (χ1v) is 8.15. The number of nitrogens with zero attached hydrogens (tertiary/aromatic N) is 1. The van der Waals surface area contributed by atoms with Crippen molar-refractivity contribution in [3.05, 3.63) is 24.0 Å². The molecule has 1 aliphatic carbocycles. The van der Waals surface area contributed by atoms with Crippen molar-refractivity contribution in [1.29, 1.82) is 0 Å². The minimum absolute atomic E-state index is 0.0303. The summed E-state index contributed by atoms with van der Waals surface area (Å²) >= 11 is 0. The van der Waals surface area contributed by atoms with E-state index in [1.54, 1.807) is 0 Å². The Bertz CT molecular complexity index is 794. The van der Waals surface area contributed by atoms with E-state index in [2.05, 4.69) is 20.0 Å². The summed E-state index contributed by atoms with van der Waals surface area (Å²) in [7, 11) is 1.34. The fourth-order valence-electron chi connectivity index (χ4n) is 3.18. The van der Waals surface area contributed by atoms with Crippen LogP contribution in [0.3, 0.4) is 0 Å². The minimum Gasteiger partial charge on any atom is -0.469 e. The number of anilines is 1. The molecular formula is C17H19N3O4. The maximum atomic E-state index is 12.2. The molecule has 2 aliphatic rings. The van der Waals surface area contributed by atoms with Crippen molar-refractivity contribution in [2.45, 2.75) is 25.4 Å². The lowest BCUT2D eigenvalue weighted by Gasteiger charge is -2.04. The first-order chi connectivity index (χ1) is 11.7. The number of hydrogen-bond donors (Lipinski definition) is 2. The first kappa shape index (κ1) is 15.1. The molecule has 2 fully saturated rings. The van der Waals surface area contributed by atoms with Gasteiger partial charge in [0.05, 0.1) is 30.0 Å². The number of amides is 1. The molecule has 126 valence electrons. The van der Waals surface area contributed by atoms with E-state index in [0.29, 0.717) is 12.1 Å². The van der Waals surface area contributed by atoms with Gasteiger partial charge < -0.3 is 19.8 Å². The van der Waals surface area contributed by atoms with Gasteiger partial charge >= 0.3 is 5.97 Å². The molecule has 24 heavy (non-hydrogen) atoms. The van der Waals surface area contributed by atoms with Gasteiger partial charge in [0.1, 0.15) is 11.9 Å². The smallest absolute Gasteiger partial charge is 0.309 e. The van der Waals surface area contributed by atoms with E-state index in [1.165, 1.54) is 7.11 Å². The van der Waals surface area contributed by atoms with E-state index < -0.39 is 0 Å². The number of aromatic nitrogens is 2. The van der Waals surface area contributed by atoms with Crippen LogP contribution in [0.5, 0.6) is 0 Å². The number of rotatable bonds is 4. The fraction of sp³-hybridized carbons (Fsp3) is 0.471. The number of carbonyl (C=O) groups excluding carboxylic acids is 2. The SMILES string of the molecule is COC(=O)[C@@H]1C[C@H]1C(=O)Nc1ccc2nc([C@H]3CCCO3)[nH]c2c1. The molecule has 3 atom stereocenters. The number of ether oxygens (including phenoxy) is 2. The lowest BCUT2D eigenvalue weighted by Crippen LogP contribution is -2.17. The van der Waals surface area contributed by atoms with Crippen molar-refractivity contribution in [3.8, 4) is 0 Å². The summed E-state index contributed by atoms with van der Waals surface area (Å²) in [5.41, 5.74) is 2.39. The van der Waals surface area contributed by atoms with Crippen LogP contribution < -0.4 is 5.32 Å². The van der Waals surface area contributed by atoms with E-state index in [4.69, 9.17) is 4.74 Å². The van der Waals surface area contributed by atoms with Crippen LogP contribution in [0.15, 0.2) is 18.2 Å². The van der Waals surface area contributed by atoms with Crippen LogP contribution in [0.25, 0.3) is 11.0 Å². The second-order valence-electron chi connectivity index (χ2n) is 6.32. The first-order valence-electron chi connectivity index (χ1n) is 8.15. The highest BCUT2D eigenvalue weighted by Gasteiger charge is 2.48. The third-order valence-electron chi connectivity index (χ3n) is 4.63. The topological polar surface area (TPSA) is 93.3 Å². The average molecular weight is 329 g/mol. The molecule has 1 aromatic carbocycles. The second kappa shape index (κ2) is 5.90. The predicted octanol–water partition coefficient (Wildman–Crippen LogP) is 2.16. The van der Waals surface area contributed by atoms with Crippen LogP contribution >= 0.6 is 0 Å². The van der Waals surface area contributed by atoms with Crippen molar-refractivity contribution in [1.82, 2.24) is 9.97 Å². The van der Waals surface area contributed by atoms with Gasteiger partial charge in [-0.05, 0) is 37.5 Å². The molecule has 0 bridgehead atoms. The number of methoxy groups -OCH3 is 1. The molecule has 0 unspecified atom stereocenters. The van der Waals surface area contributed by atoms with Crippen molar-refractivity contribution < 1.29 is 19.1 Å². The zero-order valence-corrected chi connectivity index (χ0v) is 13.4. The molecule has 7 heteroatoms. The Morgan fingerprint density at radius 1 is 1.38 bits per heavy atom. The minimum atomic E-state index is -0.319. The monoisotopic (exact) mass is 329 g/mol. The molecular weight excluding hydrogens is 310 g/mol. The van der Waals surface area contributed by atoms with Crippen molar-refractivity contribution in [3.63, 3.8) is 0 Å².